The van der Waals surface area contributed by atoms with Crippen LogP contribution in [0, 0.1) is 11.8 Å². The lowest BCUT2D eigenvalue weighted by Gasteiger charge is -2.17. The molecule has 0 saturated heterocycles. The third-order valence-electron chi connectivity index (χ3n) is 3.09. The Balaban J connectivity index is 4.33. The standard InChI is InChI=1S/C12H25N3O2/c1-4-7-10(11(13)15-17)12(16)14-8-9(5-2)6-3/h9-10,17H,4-8H2,1-3H3,(H2,13,15)(H,14,16). The Morgan fingerprint density at radius 2 is 1.94 bits per heavy atom. The highest BCUT2D eigenvalue weighted by molar-refractivity contribution is 6.02. The lowest BCUT2D eigenvalue weighted by atomic mass is 10.00. The van der Waals surface area contributed by atoms with Crippen LogP contribution in [0.2, 0.25) is 0 Å². The van der Waals surface area contributed by atoms with Gasteiger partial charge in [0.05, 0.1) is 5.92 Å². The number of nitrogens with one attached hydrogen (secondary N) is 1. The van der Waals surface area contributed by atoms with Crippen LogP contribution in [0.3, 0.4) is 0 Å². The minimum Gasteiger partial charge on any atom is -0.409 e. The quantitative estimate of drug-likeness (QED) is 0.262. The van der Waals surface area contributed by atoms with Crippen molar-refractivity contribution in [2.75, 3.05) is 6.54 Å². The van der Waals surface area contributed by atoms with E-state index in [4.69, 9.17) is 10.9 Å². The molecule has 4 N–H and O–H groups in total. The van der Waals surface area contributed by atoms with E-state index in [1.54, 1.807) is 0 Å². The summed E-state index contributed by atoms with van der Waals surface area (Å²) < 4.78 is 0. The first-order valence-corrected chi connectivity index (χ1v) is 6.35. The molecule has 1 amide bonds. The van der Waals surface area contributed by atoms with Gasteiger partial charge in [-0.05, 0) is 12.3 Å². The number of amides is 1. The maximum atomic E-state index is 11.9. The van der Waals surface area contributed by atoms with Gasteiger partial charge in [0.1, 0.15) is 0 Å². The molecule has 0 aliphatic carbocycles. The molecule has 0 aliphatic rings. The summed E-state index contributed by atoms with van der Waals surface area (Å²) in [4.78, 5) is 11.9. The molecule has 5 heteroatoms. The monoisotopic (exact) mass is 243 g/mol. The maximum absolute atomic E-state index is 11.9. The van der Waals surface area contributed by atoms with Crippen molar-refractivity contribution in [2.24, 2.45) is 22.7 Å². The van der Waals surface area contributed by atoms with Crippen LogP contribution in [0.5, 0.6) is 0 Å². The summed E-state index contributed by atoms with van der Waals surface area (Å²) in [6.45, 7) is 6.83. The summed E-state index contributed by atoms with van der Waals surface area (Å²) in [6.07, 6.45) is 3.50. The van der Waals surface area contributed by atoms with Crippen molar-refractivity contribution in [2.45, 2.75) is 46.5 Å². The Bertz CT molecular complexity index is 250. The Kier molecular flexibility index (Phi) is 8.19. The van der Waals surface area contributed by atoms with Gasteiger partial charge >= 0.3 is 0 Å². The van der Waals surface area contributed by atoms with Gasteiger partial charge < -0.3 is 16.3 Å². The summed E-state index contributed by atoms with van der Waals surface area (Å²) in [6, 6.07) is 0. The number of nitrogens with two attached hydrogens (primary N) is 1. The summed E-state index contributed by atoms with van der Waals surface area (Å²) in [7, 11) is 0. The van der Waals surface area contributed by atoms with E-state index in [0.29, 0.717) is 18.9 Å². The number of hydrogen-bond donors (Lipinski definition) is 3. The van der Waals surface area contributed by atoms with Crippen molar-refractivity contribution >= 4 is 11.7 Å². The molecule has 1 unspecified atom stereocenters. The van der Waals surface area contributed by atoms with Crippen LogP contribution in [0.4, 0.5) is 0 Å². The molecule has 0 spiro atoms. The number of carbonyl (C=O) groups is 1. The predicted molar refractivity (Wildman–Crippen MR) is 68.9 cm³/mol. The highest BCUT2D eigenvalue weighted by Crippen LogP contribution is 2.09. The van der Waals surface area contributed by atoms with Crippen LogP contribution in [-0.4, -0.2) is 23.5 Å². The van der Waals surface area contributed by atoms with Gasteiger partial charge in [-0.25, -0.2) is 0 Å². The van der Waals surface area contributed by atoms with E-state index in [1.165, 1.54) is 0 Å². The van der Waals surface area contributed by atoms with E-state index < -0.39 is 5.92 Å². The van der Waals surface area contributed by atoms with E-state index in [1.807, 2.05) is 6.92 Å². The molecule has 0 bridgehead atoms. The van der Waals surface area contributed by atoms with E-state index in [2.05, 4.69) is 24.3 Å². The number of carbonyl (C=O) groups excluding carboxylic acids is 1. The second kappa shape index (κ2) is 8.84. The average molecular weight is 243 g/mol. The molecule has 100 valence electrons. The first-order chi connectivity index (χ1) is 8.10. The van der Waals surface area contributed by atoms with Crippen molar-refractivity contribution in [1.82, 2.24) is 5.32 Å². The van der Waals surface area contributed by atoms with Crippen molar-refractivity contribution < 1.29 is 10.0 Å². The fourth-order valence-electron chi connectivity index (χ4n) is 1.72. The van der Waals surface area contributed by atoms with Gasteiger partial charge in [0.15, 0.2) is 5.84 Å². The summed E-state index contributed by atoms with van der Waals surface area (Å²) in [5.74, 6) is -0.171. The van der Waals surface area contributed by atoms with Gasteiger partial charge in [-0.15, -0.1) is 0 Å². The summed E-state index contributed by atoms with van der Waals surface area (Å²) in [5.41, 5.74) is 5.51. The summed E-state index contributed by atoms with van der Waals surface area (Å²) in [5, 5.41) is 14.4. The molecule has 5 nitrogen and oxygen atoms in total. The van der Waals surface area contributed by atoms with Crippen LogP contribution in [0.25, 0.3) is 0 Å². The number of nitrogens with zero attached hydrogens (tertiary/aromatic N) is 1. The Morgan fingerprint density at radius 3 is 2.35 bits per heavy atom. The van der Waals surface area contributed by atoms with Gasteiger partial charge in [-0.1, -0.05) is 45.2 Å². The molecule has 0 aromatic rings. The van der Waals surface area contributed by atoms with Crippen LogP contribution in [0.15, 0.2) is 5.16 Å². The Labute approximate surface area is 103 Å². The van der Waals surface area contributed by atoms with Crippen LogP contribution in [-0.2, 0) is 4.79 Å². The van der Waals surface area contributed by atoms with Crippen molar-refractivity contribution in [3.05, 3.63) is 0 Å². The molecule has 0 aromatic heterocycles. The van der Waals surface area contributed by atoms with Gasteiger partial charge in [0.25, 0.3) is 0 Å². The van der Waals surface area contributed by atoms with Crippen LogP contribution in [0.1, 0.15) is 46.5 Å². The number of rotatable bonds is 8. The van der Waals surface area contributed by atoms with E-state index in [0.717, 1.165) is 19.3 Å². The first kappa shape index (κ1) is 15.7. The fraction of sp³-hybridized carbons (Fsp3) is 0.833. The third-order valence-corrected chi connectivity index (χ3v) is 3.09. The zero-order valence-corrected chi connectivity index (χ0v) is 11.1. The average Bonchev–Trinajstić information content (AvgIpc) is 2.35. The van der Waals surface area contributed by atoms with E-state index in [-0.39, 0.29) is 11.7 Å². The van der Waals surface area contributed by atoms with Crippen molar-refractivity contribution in [3.63, 3.8) is 0 Å². The molecular formula is C12H25N3O2. The minimum atomic E-state index is -0.514. The first-order valence-electron chi connectivity index (χ1n) is 6.35. The van der Waals surface area contributed by atoms with Crippen molar-refractivity contribution in [3.8, 4) is 0 Å². The summed E-state index contributed by atoms with van der Waals surface area (Å²) >= 11 is 0. The Morgan fingerprint density at radius 1 is 1.35 bits per heavy atom. The smallest absolute Gasteiger partial charge is 0.230 e. The van der Waals surface area contributed by atoms with E-state index in [9.17, 15) is 4.79 Å². The van der Waals surface area contributed by atoms with E-state index >= 15 is 0 Å². The van der Waals surface area contributed by atoms with Crippen molar-refractivity contribution in [1.29, 1.82) is 0 Å². The minimum absolute atomic E-state index is 0.00565. The second-order valence-corrected chi connectivity index (χ2v) is 4.29. The lowest BCUT2D eigenvalue weighted by molar-refractivity contribution is -0.123. The molecule has 0 saturated carbocycles. The van der Waals surface area contributed by atoms with Gasteiger partial charge in [0, 0.05) is 6.54 Å². The zero-order chi connectivity index (χ0) is 13.3. The number of amidine groups is 1. The fourth-order valence-corrected chi connectivity index (χ4v) is 1.72. The van der Waals surface area contributed by atoms with Gasteiger partial charge in [-0.3, -0.25) is 4.79 Å². The molecule has 0 fully saturated rings. The normalized spacial score (nSPS) is 13.8. The molecule has 17 heavy (non-hydrogen) atoms. The number of hydrogen-bond acceptors (Lipinski definition) is 3. The number of oxime groups is 1. The van der Waals surface area contributed by atoms with Crippen LogP contribution >= 0.6 is 0 Å². The zero-order valence-electron chi connectivity index (χ0n) is 11.1. The molecular weight excluding hydrogens is 218 g/mol. The topological polar surface area (TPSA) is 87.7 Å². The Hall–Kier alpha value is -1.26. The predicted octanol–water partition coefficient (Wildman–Crippen LogP) is 1.70. The molecule has 0 aliphatic heterocycles. The van der Waals surface area contributed by atoms with Gasteiger partial charge in [-0.2, -0.15) is 0 Å². The lowest BCUT2D eigenvalue weighted by Crippen LogP contribution is -2.40. The molecule has 0 aromatic carbocycles. The molecule has 0 radical (unpaired) electrons. The molecule has 0 rings (SSSR count). The third kappa shape index (κ3) is 5.56. The van der Waals surface area contributed by atoms with Gasteiger partial charge in [0.2, 0.25) is 5.91 Å². The largest absolute Gasteiger partial charge is 0.409 e. The molecule has 1 atom stereocenters. The highest BCUT2D eigenvalue weighted by Gasteiger charge is 2.22. The SMILES string of the molecule is CCCC(C(=O)NCC(CC)CC)C(N)=NO. The maximum Gasteiger partial charge on any atom is 0.230 e. The van der Waals surface area contributed by atoms with Crippen LogP contribution < -0.4 is 11.1 Å². The molecule has 0 heterocycles. The highest BCUT2D eigenvalue weighted by atomic mass is 16.4. The second-order valence-electron chi connectivity index (χ2n) is 4.29.